The Labute approximate surface area is 128 Å². The number of carbonyl (C=O) groups is 2. The molecular weight excluding hydrogens is 282 g/mol. The third kappa shape index (κ3) is 4.44. The lowest BCUT2D eigenvalue weighted by Gasteiger charge is -2.04. The van der Waals surface area contributed by atoms with Gasteiger partial charge in [-0.15, -0.1) is 0 Å². The largest absolute Gasteiger partial charge is 0.431 e. The number of anilines is 1. The molecule has 1 aromatic carbocycles. The number of nitrogens with zero attached hydrogens (tertiary/aromatic N) is 1. The molecule has 0 unspecified atom stereocenters. The maximum Gasteiger partial charge on any atom is 0.302 e. The monoisotopic (exact) mass is 301 g/mol. The van der Waals surface area contributed by atoms with Crippen LogP contribution in [-0.2, 0) is 0 Å². The summed E-state index contributed by atoms with van der Waals surface area (Å²) < 4.78 is 5.10. The van der Waals surface area contributed by atoms with E-state index in [2.05, 4.69) is 29.5 Å². The van der Waals surface area contributed by atoms with Gasteiger partial charge in [-0.1, -0.05) is 32.0 Å². The predicted octanol–water partition coefficient (Wildman–Crippen LogP) is 2.70. The first-order chi connectivity index (χ1) is 10.6. The number of aromatic nitrogens is 1. The Hall–Kier alpha value is -2.63. The van der Waals surface area contributed by atoms with Gasteiger partial charge in [-0.25, -0.2) is 0 Å². The van der Waals surface area contributed by atoms with E-state index >= 15 is 0 Å². The zero-order chi connectivity index (χ0) is 15.9. The first-order valence-electron chi connectivity index (χ1n) is 7.16. The minimum atomic E-state index is -0.339. The average molecular weight is 301 g/mol. The van der Waals surface area contributed by atoms with Crippen molar-refractivity contribution in [1.82, 2.24) is 10.3 Å². The number of rotatable bonds is 6. The van der Waals surface area contributed by atoms with Crippen LogP contribution in [0.1, 0.15) is 41.1 Å². The van der Waals surface area contributed by atoms with Crippen molar-refractivity contribution in [3.63, 3.8) is 0 Å². The van der Waals surface area contributed by atoms with Gasteiger partial charge in [0.15, 0.2) is 5.69 Å². The zero-order valence-corrected chi connectivity index (χ0v) is 12.6. The van der Waals surface area contributed by atoms with Crippen molar-refractivity contribution in [2.75, 3.05) is 11.9 Å². The molecular formula is C16H19N3O3. The molecule has 2 rings (SSSR count). The summed E-state index contributed by atoms with van der Waals surface area (Å²) in [5.74, 6) is -0.142. The van der Waals surface area contributed by atoms with Crippen molar-refractivity contribution in [2.24, 2.45) is 5.92 Å². The summed E-state index contributed by atoms with van der Waals surface area (Å²) >= 11 is 0. The Morgan fingerprint density at radius 2 is 1.91 bits per heavy atom. The molecule has 116 valence electrons. The lowest BCUT2D eigenvalue weighted by atomic mass is 10.1. The number of oxazole rings is 1. The minimum absolute atomic E-state index is 0.00265. The molecule has 1 heterocycles. The second-order valence-corrected chi connectivity index (χ2v) is 5.30. The fraction of sp³-hybridized carbons (Fsp3) is 0.312. The summed E-state index contributed by atoms with van der Waals surface area (Å²) in [5, 5.41) is 5.27. The fourth-order valence-corrected chi connectivity index (χ4v) is 1.76. The van der Waals surface area contributed by atoms with Gasteiger partial charge >= 0.3 is 6.01 Å². The van der Waals surface area contributed by atoms with Gasteiger partial charge in [-0.05, 0) is 24.5 Å². The third-order valence-corrected chi connectivity index (χ3v) is 3.00. The zero-order valence-electron chi connectivity index (χ0n) is 12.6. The van der Waals surface area contributed by atoms with E-state index in [-0.39, 0.29) is 23.5 Å². The summed E-state index contributed by atoms with van der Waals surface area (Å²) in [4.78, 5) is 27.7. The summed E-state index contributed by atoms with van der Waals surface area (Å²) in [6, 6.07) is 8.70. The molecule has 0 aliphatic heterocycles. The molecule has 0 aliphatic rings. The Morgan fingerprint density at radius 1 is 1.18 bits per heavy atom. The van der Waals surface area contributed by atoms with Crippen LogP contribution >= 0.6 is 0 Å². The van der Waals surface area contributed by atoms with Crippen LogP contribution in [0.25, 0.3) is 0 Å². The lowest BCUT2D eigenvalue weighted by molar-refractivity contribution is 0.0945. The number of hydrogen-bond donors (Lipinski definition) is 2. The molecule has 22 heavy (non-hydrogen) atoms. The van der Waals surface area contributed by atoms with E-state index in [4.69, 9.17) is 4.42 Å². The fourth-order valence-electron chi connectivity index (χ4n) is 1.76. The van der Waals surface area contributed by atoms with Crippen molar-refractivity contribution in [2.45, 2.75) is 20.3 Å². The highest BCUT2D eigenvalue weighted by molar-refractivity contribution is 6.03. The minimum Gasteiger partial charge on any atom is -0.431 e. The Bertz CT molecular complexity index is 635. The van der Waals surface area contributed by atoms with E-state index in [1.807, 2.05) is 6.07 Å². The van der Waals surface area contributed by atoms with E-state index in [1.165, 1.54) is 6.26 Å². The molecule has 0 fully saturated rings. The van der Waals surface area contributed by atoms with Gasteiger partial charge < -0.3 is 9.73 Å². The third-order valence-electron chi connectivity index (χ3n) is 3.00. The van der Waals surface area contributed by atoms with Gasteiger partial charge in [-0.2, -0.15) is 4.98 Å². The molecule has 2 aromatic rings. The van der Waals surface area contributed by atoms with Crippen LogP contribution in [0.4, 0.5) is 6.01 Å². The van der Waals surface area contributed by atoms with Crippen molar-refractivity contribution < 1.29 is 14.0 Å². The summed E-state index contributed by atoms with van der Waals surface area (Å²) in [6.07, 6.45) is 2.12. The van der Waals surface area contributed by atoms with E-state index in [9.17, 15) is 9.59 Å². The van der Waals surface area contributed by atoms with E-state index in [0.717, 1.165) is 6.42 Å². The average Bonchev–Trinajstić information content (AvgIpc) is 2.96. The molecule has 0 atom stereocenters. The molecule has 6 heteroatoms. The highest BCUT2D eigenvalue weighted by atomic mass is 16.4. The Morgan fingerprint density at radius 3 is 2.59 bits per heavy atom. The smallest absolute Gasteiger partial charge is 0.302 e. The molecule has 2 amide bonds. The van der Waals surface area contributed by atoms with Crippen LogP contribution in [0.5, 0.6) is 0 Å². The van der Waals surface area contributed by atoms with Crippen LogP contribution < -0.4 is 10.6 Å². The summed E-state index contributed by atoms with van der Waals surface area (Å²) in [5.41, 5.74) is 0.635. The van der Waals surface area contributed by atoms with Crippen LogP contribution in [0.3, 0.4) is 0 Å². The van der Waals surface area contributed by atoms with Gasteiger partial charge in [0.25, 0.3) is 11.8 Å². The van der Waals surface area contributed by atoms with Gasteiger partial charge in [0.2, 0.25) is 0 Å². The Kier molecular flexibility index (Phi) is 5.30. The highest BCUT2D eigenvalue weighted by Crippen LogP contribution is 2.10. The lowest BCUT2D eigenvalue weighted by Crippen LogP contribution is -2.25. The topological polar surface area (TPSA) is 84.2 Å². The molecule has 0 saturated heterocycles. The molecule has 1 aromatic heterocycles. The van der Waals surface area contributed by atoms with Gasteiger partial charge in [0.1, 0.15) is 6.26 Å². The van der Waals surface area contributed by atoms with Gasteiger partial charge in [0, 0.05) is 12.1 Å². The molecule has 0 aliphatic carbocycles. The molecule has 0 spiro atoms. The van der Waals surface area contributed by atoms with Crippen LogP contribution in [0.2, 0.25) is 0 Å². The van der Waals surface area contributed by atoms with Crippen molar-refractivity contribution in [3.05, 3.63) is 47.9 Å². The second-order valence-electron chi connectivity index (χ2n) is 5.30. The first kappa shape index (κ1) is 15.8. The number of hydrogen-bond acceptors (Lipinski definition) is 4. The number of amides is 2. The summed E-state index contributed by atoms with van der Waals surface area (Å²) in [6.45, 7) is 4.74. The van der Waals surface area contributed by atoms with Crippen LogP contribution in [0.15, 0.2) is 41.0 Å². The molecule has 0 bridgehead atoms. The normalized spacial score (nSPS) is 10.5. The highest BCUT2D eigenvalue weighted by Gasteiger charge is 2.14. The number of benzene rings is 1. The van der Waals surface area contributed by atoms with E-state index in [0.29, 0.717) is 18.0 Å². The van der Waals surface area contributed by atoms with Crippen molar-refractivity contribution in [3.8, 4) is 0 Å². The molecule has 0 saturated carbocycles. The SMILES string of the molecule is CC(C)CCNC(=O)c1coc(NC(=O)c2ccccc2)n1. The first-order valence-corrected chi connectivity index (χ1v) is 7.16. The Balaban J connectivity index is 1.91. The van der Waals surface area contributed by atoms with Crippen molar-refractivity contribution >= 4 is 17.8 Å². The molecule has 2 N–H and O–H groups in total. The maximum atomic E-state index is 11.9. The van der Waals surface area contributed by atoms with Crippen LogP contribution in [-0.4, -0.2) is 23.3 Å². The maximum absolute atomic E-state index is 11.9. The van der Waals surface area contributed by atoms with E-state index in [1.54, 1.807) is 24.3 Å². The quantitative estimate of drug-likeness (QED) is 0.859. The molecule has 6 nitrogen and oxygen atoms in total. The van der Waals surface area contributed by atoms with E-state index < -0.39 is 0 Å². The molecule has 0 radical (unpaired) electrons. The standard InChI is InChI=1S/C16H19N3O3/c1-11(2)8-9-17-15(21)13-10-22-16(18-13)19-14(20)12-6-4-3-5-7-12/h3-7,10-11H,8-9H2,1-2H3,(H,17,21)(H,18,19,20). The predicted molar refractivity (Wildman–Crippen MR) is 82.7 cm³/mol. The number of carbonyl (C=O) groups excluding carboxylic acids is 2. The van der Waals surface area contributed by atoms with Gasteiger partial charge in [-0.3, -0.25) is 14.9 Å². The summed E-state index contributed by atoms with van der Waals surface area (Å²) in [7, 11) is 0. The number of nitrogens with one attached hydrogen (secondary N) is 2. The van der Waals surface area contributed by atoms with Crippen molar-refractivity contribution in [1.29, 1.82) is 0 Å². The van der Waals surface area contributed by atoms with Gasteiger partial charge in [0.05, 0.1) is 0 Å². The second kappa shape index (κ2) is 7.40. The van der Waals surface area contributed by atoms with Crippen LogP contribution in [0, 0.1) is 5.92 Å².